The van der Waals surface area contributed by atoms with Gasteiger partial charge in [-0.3, -0.25) is 4.98 Å². The summed E-state index contributed by atoms with van der Waals surface area (Å²) in [4.78, 5) is 8.87. The van der Waals surface area contributed by atoms with Gasteiger partial charge in [-0.1, -0.05) is 29.3 Å². The van der Waals surface area contributed by atoms with Gasteiger partial charge in [0.05, 0.1) is 28.0 Å². The van der Waals surface area contributed by atoms with Gasteiger partial charge in [-0.2, -0.15) is 0 Å². The molecule has 21 heavy (non-hydrogen) atoms. The second-order valence-electron chi connectivity index (χ2n) is 4.34. The third-order valence-corrected chi connectivity index (χ3v) is 4.48. The second kappa shape index (κ2) is 6.43. The van der Waals surface area contributed by atoms with E-state index in [9.17, 15) is 0 Å². The summed E-state index contributed by atoms with van der Waals surface area (Å²) in [5, 5.41) is 7.30. The monoisotopic (exact) mass is 335 g/mol. The Morgan fingerprint density at radius 3 is 2.76 bits per heavy atom. The maximum absolute atomic E-state index is 5.99. The van der Waals surface area contributed by atoms with Crippen LogP contribution in [0, 0.1) is 0 Å². The molecular weight excluding hydrogens is 325 g/mol. The van der Waals surface area contributed by atoms with Gasteiger partial charge in [0, 0.05) is 17.3 Å². The first-order valence-corrected chi connectivity index (χ1v) is 7.90. The highest BCUT2D eigenvalue weighted by molar-refractivity contribution is 7.13. The van der Waals surface area contributed by atoms with Crippen LogP contribution in [0.3, 0.4) is 0 Å². The van der Waals surface area contributed by atoms with Crippen LogP contribution in [0.4, 0.5) is 5.69 Å². The maximum atomic E-state index is 5.99. The molecule has 0 amide bonds. The smallest absolute Gasteiger partial charge is 0.142 e. The van der Waals surface area contributed by atoms with Gasteiger partial charge >= 0.3 is 0 Å². The minimum Gasteiger partial charge on any atom is -0.379 e. The van der Waals surface area contributed by atoms with Crippen molar-refractivity contribution in [3.8, 4) is 10.7 Å². The van der Waals surface area contributed by atoms with E-state index in [4.69, 9.17) is 23.2 Å². The third kappa shape index (κ3) is 3.53. The van der Waals surface area contributed by atoms with Crippen LogP contribution in [0.5, 0.6) is 0 Å². The number of anilines is 1. The fraction of sp³-hybridized carbons (Fsp3) is 0.0667. The maximum Gasteiger partial charge on any atom is 0.142 e. The molecule has 0 aliphatic carbocycles. The summed E-state index contributed by atoms with van der Waals surface area (Å²) in [6.45, 7) is 0.626. The van der Waals surface area contributed by atoms with Crippen LogP contribution in [0.1, 0.15) is 5.69 Å². The number of halogens is 2. The van der Waals surface area contributed by atoms with E-state index in [1.165, 1.54) is 0 Å². The van der Waals surface area contributed by atoms with Crippen LogP contribution >= 0.6 is 34.5 Å². The number of thiazole rings is 1. The van der Waals surface area contributed by atoms with Crippen molar-refractivity contribution in [2.75, 3.05) is 5.32 Å². The van der Waals surface area contributed by atoms with E-state index in [2.05, 4.69) is 15.3 Å². The van der Waals surface area contributed by atoms with Gasteiger partial charge in [0.25, 0.3) is 0 Å². The lowest BCUT2D eigenvalue weighted by molar-refractivity contribution is 1.07. The Kier molecular flexibility index (Phi) is 4.39. The highest BCUT2D eigenvalue weighted by atomic mass is 35.5. The molecule has 2 aromatic heterocycles. The number of nitrogens with zero attached hydrogens (tertiary/aromatic N) is 2. The standard InChI is InChI=1S/C15H11Cl2N3S/c16-12-5-4-10(7-13(12)17)19-8-11-9-21-15(20-11)14-3-1-2-6-18-14/h1-7,9,19H,8H2. The van der Waals surface area contributed by atoms with Gasteiger partial charge in [0.15, 0.2) is 0 Å². The van der Waals surface area contributed by atoms with Gasteiger partial charge in [0.2, 0.25) is 0 Å². The van der Waals surface area contributed by atoms with E-state index in [-0.39, 0.29) is 0 Å². The normalized spacial score (nSPS) is 10.6. The topological polar surface area (TPSA) is 37.8 Å². The second-order valence-corrected chi connectivity index (χ2v) is 6.01. The lowest BCUT2D eigenvalue weighted by Crippen LogP contribution is -1.99. The first-order chi connectivity index (χ1) is 10.2. The zero-order valence-electron chi connectivity index (χ0n) is 10.9. The van der Waals surface area contributed by atoms with Gasteiger partial charge in [-0.25, -0.2) is 4.98 Å². The summed E-state index contributed by atoms with van der Waals surface area (Å²) >= 11 is 13.5. The molecule has 0 spiro atoms. The van der Waals surface area contributed by atoms with Crippen molar-refractivity contribution in [2.45, 2.75) is 6.54 Å². The zero-order valence-corrected chi connectivity index (χ0v) is 13.2. The quantitative estimate of drug-likeness (QED) is 0.718. The fourth-order valence-corrected chi connectivity index (χ4v) is 2.89. The van der Waals surface area contributed by atoms with Crippen LogP contribution in [0.15, 0.2) is 48.0 Å². The molecule has 106 valence electrons. The van der Waals surface area contributed by atoms with Crippen molar-refractivity contribution < 1.29 is 0 Å². The van der Waals surface area contributed by atoms with Crippen molar-refractivity contribution >= 4 is 40.2 Å². The van der Waals surface area contributed by atoms with E-state index in [1.54, 1.807) is 29.7 Å². The first kappa shape index (κ1) is 14.3. The molecule has 1 aromatic carbocycles. The number of rotatable bonds is 4. The summed E-state index contributed by atoms with van der Waals surface area (Å²) in [5.41, 5.74) is 2.77. The van der Waals surface area contributed by atoms with Crippen LogP contribution in [0.2, 0.25) is 10.0 Å². The average Bonchev–Trinajstić information content (AvgIpc) is 2.98. The van der Waals surface area contributed by atoms with Gasteiger partial charge < -0.3 is 5.32 Å². The lowest BCUT2D eigenvalue weighted by atomic mass is 10.3. The SMILES string of the molecule is Clc1ccc(NCc2csc(-c3ccccn3)n2)cc1Cl. The van der Waals surface area contributed by atoms with Crippen molar-refractivity contribution in [3.63, 3.8) is 0 Å². The molecule has 3 nitrogen and oxygen atoms in total. The Balaban J connectivity index is 1.69. The molecule has 0 saturated heterocycles. The minimum absolute atomic E-state index is 0.536. The molecule has 6 heteroatoms. The Morgan fingerprint density at radius 2 is 2.00 bits per heavy atom. The Morgan fingerprint density at radius 1 is 1.10 bits per heavy atom. The van der Waals surface area contributed by atoms with Crippen LogP contribution in [0.25, 0.3) is 10.7 Å². The number of hydrogen-bond acceptors (Lipinski definition) is 4. The van der Waals surface area contributed by atoms with Crippen molar-refractivity contribution in [1.82, 2.24) is 9.97 Å². The van der Waals surface area contributed by atoms with Crippen LogP contribution in [-0.4, -0.2) is 9.97 Å². The summed E-state index contributed by atoms with van der Waals surface area (Å²) in [5.74, 6) is 0. The first-order valence-electron chi connectivity index (χ1n) is 6.27. The molecule has 0 radical (unpaired) electrons. The van der Waals surface area contributed by atoms with Crippen molar-refractivity contribution in [2.24, 2.45) is 0 Å². The highest BCUT2D eigenvalue weighted by Gasteiger charge is 2.06. The fourth-order valence-electron chi connectivity index (χ4n) is 1.79. The number of nitrogens with one attached hydrogen (secondary N) is 1. The summed E-state index contributed by atoms with van der Waals surface area (Å²) in [7, 11) is 0. The molecule has 2 heterocycles. The molecule has 0 fully saturated rings. The molecule has 0 atom stereocenters. The molecule has 0 unspecified atom stereocenters. The van der Waals surface area contributed by atoms with Gasteiger partial charge in [0.1, 0.15) is 5.01 Å². The molecule has 3 aromatic rings. The molecule has 3 rings (SSSR count). The summed E-state index contributed by atoms with van der Waals surface area (Å²) in [6, 6.07) is 11.3. The van der Waals surface area contributed by atoms with Crippen LogP contribution < -0.4 is 5.32 Å². The molecular formula is C15H11Cl2N3S. The average molecular weight is 336 g/mol. The zero-order chi connectivity index (χ0) is 14.7. The minimum atomic E-state index is 0.536. The van der Waals surface area contributed by atoms with E-state index in [0.717, 1.165) is 22.1 Å². The van der Waals surface area contributed by atoms with E-state index in [0.29, 0.717) is 16.6 Å². The summed E-state index contributed by atoms with van der Waals surface area (Å²) < 4.78 is 0. The largest absolute Gasteiger partial charge is 0.379 e. The van der Waals surface area contributed by atoms with Crippen LogP contribution in [-0.2, 0) is 6.54 Å². The molecule has 0 aliphatic rings. The van der Waals surface area contributed by atoms with E-state index < -0.39 is 0 Å². The number of benzene rings is 1. The van der Waals surface area contributed by atoms with Crippen molar-refractivity contribution in [1.29, 1.82) is 0 Å². The number of hydrogen-bond donors (Lipinski definition) is 1. The number of pyridine rings is 1. The molecule has 0 saturated carbocycles. The summed E-state index contributed by atoms with van der Waals surface area (Å²) in [6.07, 6.45) is 1.77. The van der Waals surface area contributed by atoms with E-state index in [1.807, 2.05) is 29.6 Å². The van der Waals surface area contributed by atoms with Gasteiger partial charge in [-0.15, -0.1) is 11.3 Å². The molecule has 0 bridgehead atoms. The lowest BCUT2D eigenvalue weighted by Gasteiger charge is -2.05. The molecule has 1 N–H and O–H groups in total. The van der Waals surface area contributed by atoms with Gasteiger partial charge in [-0.05, 0) is 30.3 Å². The predicted molar refractivity (Wildman–Crippen MR) is 89.1 cm³/mol. The highest BCUT2D eigenvalue weighted by Crippen LogP contribution is 2.26. The third-order valence-electron chi connectivity index (χ3n) is 2.83. The predicted octanol–water partition coefficient (Wildman–Crippen LogP) is 5.12. The van der Waals surface area contributed by atoms with Crippen molar-refractivity contribution in [3.05, 3.63) is 63.7 Å². The Labute approximate surface area is 136 Å². The van der Waals surface area contributed by atoms with E-state index >= 15 is 0 Å². The Bertz CT molecular complexity index is 744. The number of aromatic nitrogens is 2. The Hall–Kier alpha value is -1.62. The molecule has 0 aliphatic heterocycles.